The van der Waals surface area contributed by atoms with Crippen LogP contribution in [-0.4, -0.2) is 25.6 Å². The Hall–Kier alpha value is -0.830. The van der Waals surface area contributed by atoms with Crippen molar-refractivity contribution in [1.82, 2.24) is 0 Å². The number of Topliss-reactive ketones (excluding diaryl/α,β-unsaturated/α-hetero) is 1. The van der Waals surface area contributed by atoms with Crippen molar-refractivity contribution in [1.29, 1.82) is 0 Å². The fourth-order valence-electron chi connectivity index (χ4n) is 1.53. The molecule has 2 rings (SSSR count). The third-order valence-electron chi connectivity index (χ3n) is 2.25. The summed E-state index contributed by atoms with van der Waals surface area (Å²) in [6.07, 6.45) is 3.59. The minimum atomic E-state index is 0.0503. The largest absolute Gasteiger partial charge is 0.490 e. The molecule has 2 aliphatic rings. The van der Waals surface area contributed by atoms with Gasteiger partial charge >= 0.3 is 0 Å². The van der Waals surface area contributed by atoms with E-state index in [0.29, 0.717) is 25.6 Å². The van der Waals surface area contributed by atoms with Gasteiger partial charge < -0.3 is 9.47 Å². The van der Waals surface area contributed by atoms with E-state index in [0.717, 1.165) is 12.8 Å². The summed E-state index contributed by atoms with van der Waals surface area (Å²) in [4.78, 5) is 11.6. The molecule has 12 heavy (non-hydrogen) atoms. The Kier molecular flexibility index (Phi) is 2.13. The Morgan fingerprint density at radius 1 is 1.50 bits per heavy atom. The van der Waals surface area contributed by atoms with E-state index >= 15 is 0 Å². The Bertz CT molecular complexity index is 214. The SMILES string of the molecule is O=C(C1=CCCO1)C1CCOC1. The zero-order chi connectivity index (χ0) is 8.39. The third kappa shape index (κ3) is 1.37. The van der Waals surface area contributed by atoms with Gasteiger partial charge in [0.2, 0.25) is 5.78 Å². The highest BCUT2D eigenvalue weighted by molar-refractivity contribution is 5.95. The van der Waals surface area contributed by atoms with E-state index in [1.54, 1.807) is 0 Å². The molecule has 1 atom stereocenters. The molecular formula is C9H12O3. The van der Waals surface area contributed by atoms with E-state index in [4.69, 9.17) is 9.47 Å². The normalized spacial score (nSPS) is 28.3. The van der Waals surface area contributed by atoms with Crippen LogP contribution in [0.5, 0.6) is 0 Å². The van der Waals surface area contributed by atoms with E-state index in [9.17, 15) is 4.79 Å². The van der Waals surface area contributed by atoms with E-state index in [1.165, 1.54) is 0 Å². The Morgan fingerprint density at radius 3 is 3.00 bits per heavy atom. The maximum absolute atomic E-state index is 11.6. The molecule has 0 N–H and O–H groups in total. The van der Waals surface area contributed by atoms with Gasteiger partial charge in [0, 0.05) is 13.0 Å². The lowest BCUT2D eigenvalue weighted by molar-refractivity contribution is -0.122. The van der Waals surface area contributed by atoms with Crippen LogP contribution in [0.25, 0.3) is 0 Å². The van der Waals surface area contributed by atoms with Crippen LogP contribution in [0.1, 0.15) is 12.8 Å². The molecule has 0 spiro atoms. The molecule has 0 aromatic heterocycles. The van der Waals surface area contributed by atoms with Crippen LogP contribution >= 0.6 is 0 Å². The number of allylic oxidation sites excluding steroid dienone is 1. The molecule has 2 heterocycles. The molecule has 66 valence electrons. The average Bonchev–Trinajstić information content (AvgIpc) is 2.77. The van der Waals surface area contributed by atoms with Gasteiger partial charge in [0.05, 0.1) is 19.1 Å². The molecule has 3 nitrogen and oxygen atoms in total. The minimum Gasteiger partial charge on any atom is -0.490 e. The van der Waals surface area contributed by atoms with Gasteiger partial charge in [-0.2, -0.15) is 0 Å². The summed E-state index contributed by atoms with van der Waals surface area (Å²) in [7, 11) is 0. The maximum atomic E-state index is 11.6. The van der Waals surface area contributed by atoms with E-state index < -0.39 is 0 Å². The van der Waals surface area contributed by atoms with Crippen molar-refractivity contribution in [2.24, 2.45) is 5.92 Å². The van der Waals surface area contributed by atoms with Crippen LogP contribution in [0, 0.1) is 5.92 Å². The van der Waals surface area contributed by atoms with Gasteiger partial charge in [-0.3, -0.25) is 4.79 Å². The van der Waals surface area contributed by atoms with Gasteiger partial charge in [-0.05, 0) is 12.5 Å². The second kappa shape index (κ2) is 3.27. The molecule has 2 aliphatic heterocycles. The number of hydrogen-bond donors (Lipinski definition) is 0. The molecule has 0 aromatic carbocycles. The topological polar surface area (TPSA) is 35.5 Å². The zero-order valence-electron chi connectivity index (χ0n) is 6.91. The summed E-state index contributed by atoms with van der Waals surface area (Å²) in [6, 6.07) is 0. The molecule has 0 bridgehead atoms. The zero-order valence-corrected chi connectivity index (χ0v) is 6.91. The van der Waals surface area contributed by atoms with Crippen molar-refractivity contribution < 1.29 is 14.3 Å². The van der Waals surface area contributed by atoms with Crippen molar-refractivity contribution in [2.75, 3.05) is 19.8 Å². The van der Waals surface area contributed by atoms with Crippen LogP contribution in [0.15, 0.2) is 11.8 Å². The van der Waals surface area contributed by atoms with Crippen molar-refractivity contribution >= 4 is 5.78 Å². The summed E-state index contributed by atoms with van der Waals surface area (Å²) >= 11 is 0. The highest BCUT2D eigenvalue weighted by Gasteiger charge is 2.28. The summed E-state index contributed by atoms with van der Waals surface area (Å²) < 4.78 is 10.3. The molecule has 1 fully saturated rings. The van der Waals surface area contributed by atoms with Crippen LogP contribution in [0.4, 0.5) is 0 Å². The second-order valence-electron chi connectivity index (χ2n) is 3.13. The summed E-state index contributed by atoms with van der Waals surface area (Å²) in [6.45, 7) is 1.94. The number of ketones is 1. The predicted octanol–water partition coefficient (Wildman–Crippen LogP) is 0.896. The standard InChI is InChI=1S/C9H12O3/c10-9(7-3-5-11-6-7)8-2-1-4-12-8/h2,7H,1,3-6H2. The van der Waals surface area contributed by atoms with Crippen LogP contribution in [-0.2, 0) is 14.3 Å². The van der Waals surface area contributed by atoms with Crippen LogP contribution in [0.2, 0.25) is 0 Å². The number of rotatable bonds is 2. The second-order valence-corrected chi connectivity index (χ2v) is 3.13. The Morgan fingerprint density at radius 2 is 2.42 bits per heavy atom. The number of carbonyl (C=O) groups is 1. The van der Waals surface area contributed by atoms with E-state index in [1.807, 2.05) is 6.08 Å². The van der Waals surface area contributed by atoms with E-state index in [2.05, 4.69) is 0 Å². The van der Waals surface area contributed by atoms with Crippen molar-refractivity contribution in [3.05, 3.63) is 11.8 Å². The summed E-state index contributed by atoms with van der Waals surface area (Å²) in [5.41, 5.74) is 0. The molecule has 0 aromatic rings. The van der Waals surface area contributed by atoms with Crippen molar-refractivity contribution in [2.45, 2.75) is 12.8 Å². The number of hydrogen-bond acceptors (Lipinski definition) is 3. The fourth-order valence-corrected chi connectivity index (χ4v) is 1.53. The molecule has 1 unspecified atom stereocenters. The Labute approximate surface area is 71.3 Å². The van der Waals surface area contributed by atoms with Crippen LogP contribution in [0.3, 0.4) is 0 Å². The minimum absolute atomic E-state index is 0.0503. The van der Waals surface area contributed by atoms with Gasteiger partial charge in [-0.15, -0.1) is 0 Å². The monoisotopic (exact) mass is 168 g/mol. The first-order valence-corrected chi connectivity index (χ1v) is 4.33. The molecule has 3 heteroatoms. The third-order valence-corrected chi connectivity index (χ3v) is 2.25. The lowest BCUT2D eigenvalue weighted by atomic mass is 10.0. The molecule has 0 radical (unpaired) electrons. The molecule has 0 saturated carbocycles. The molecule has 0 aliphatic carbocycles. The van der Waals surface area contributed by atoms with E-state index in [-0.39, 0.29) is 11.7 Å². The first-order chi connectivity index (χ1) is 5.88. The van der Waals surface area contributed by atoms with Crippen molar-refractivity contribution in [3.63, 3.8) is 0 Å². The number of ether oxygens (including phenoxy) is 2. The smallest absolute Gasteiger partial charge is 0.202 e. The van der Waals surface area contributed by atoms with Crippen molar-refractivity contribution in [3.8, 4) is 0 Å². The average molecular weight is 168 g/mol. The predicted molar refractivity (Wildman–Crippen MR) is 42.6 cm³/mol. The summed E-state index contributed by atoms with van der Waals surface area (Å²) in [5, 5.41) is 0. The lowest BCUT2D eigenvalue weighted by Gasteiger charge is -2.06. The number of carbonyl (C=O) groups excluding carboxylic acids is 1. The summed E-state index contributed by atoms with van der Waals surface area (Å²) in [5.74, 6) is 0.741. The van der Waals surface area contributed by atoms with Gasteiger partial charge in [0.1, 0.15) is 0 Å². The quantitative estimate of drug-likeness (QED) is 0.614. The Balaban J connectivity index is 1.98. The highest BCUT2D eigenvalue weighted by atomic mass is 16.5. The first kappa shape index (κ1) is 7.80. The molecule has 1 saturated heterocycles. The highest BCUT2D eigenvalue weighted by Crippen LogP contribution is 2.20. The molecular weight excluding hydrogens is 156 g/mol. The fraction of sp³-hybridized carbons (Fsp3) is 0.667. The van der Waals surface area contributed by atoms with Gasteiger partial charge in [-0.1, -0.05) is 0 Å². The maximum Gasteiger partial charge on any atom is 0.202 e. The lowest BCUT2D eigenvalue weighted by Crippen LogP contribution is -2.16. The van der Waals surface area contributed by atoms with Gasteiger partial charge in [0.15, 0.2) is 5.76 Å². The van der Waals surface area contributed by atoms with Gasteiger partial charge in [-0.25, -0.2) is 0 Å². The van der Waals surface area contributed by atoms with Crippen LogP contribution < -0.4 is 0 Å². The first-order valence-electron chi connectivity index (χ1n) is 4.33. The van der Waals surface area contributed by atoms with Gasteiger partial charge in [0.25, 0.3) is 0 Å². The molecule has 0 amide bonds.